The van der Waals surface area contributed by atoms with Crippen molar-refractivity contribution in [2.45, 2.75) is 12.8 Å². The second-order valence-electron chi connectivity index (χ2n) is 3.39. The van der Waals surface area contributed by atoms with E-state index in [1.54, 1.807) is 18.2 Å². The van der Waals surface area contributed by atoms with Crippen LogP contribution in [0.25, 0.3) is 0 Å². The lowest BCUT2D eigenvalue weighted by Gasteiger charge is -2.08. The van der Waals surface area contributed by atoms with Crippen LogP contribution in [0.3, 0.4) is 0 Å². The van der Waals surface area contributed by atoms with Crippen LogP contribution in [-0.4, -0.2) is 25.5 Å². The molecule has 0 bridgehead atoms. The van der Waals surface area contributed by atoms with Gasteiger partial charge in [0.05, 0.1) is 18.7 Å². The van der Waals surface area contributed by atoms with Crippen LogP contribution in [0.5, 0.6) is 0 Å². The van der Waals surface area contributed by atoms with Crippen LogP contribution in [0.2, 0.25) is 5.02 Å². The van der Waals surface area contributed by atoms with E-state index in [1.807, 2.05) is 22.6 Å². The van der Waals surface area contributed by atoms with Gasteiger partial charge in [0.25, 0.3) is 6.43 Å². The Morgan fingerprint density at radius 2 is 2.22 bits per heavy atom. The third-order valence-electron chi connectivity index (χ3n) is 1.92. The number of benzene rings is 1. The number of alkyl halides is 2. The number of amides is 1. The van der Waals surface area contributed by atoms with Gasteiger partial charge in [0.15, 0.2) is 0 Å². The first kappa shape index (κ1) is 15.6. The average Bonchev–Trinajstić information content (AvgIpc) is 2.28. The van der Waals surface area contributed by atoms with Gasteiger partial charge < -0.3 is 10.1 Å². The Kier molecular flexibility index (Phi) is 6.80. The van der Waals surface area contributed by atoms with Gasteiger partial charge in [-0.2, -0.15) is 0 Å². The fourth-order valence-corrected chi connectivity index (χ4v) is 2.15. The molecule has 0 radical (unpaired) electrons. The van der Waals surface area contributed by atoms with Gasteiger partial charge in [-0.1, -0.05) is 11.6 Å². The molecule has 1 aromatic rings. The third kappa shape index (κ3) is 5.92. The van der Waals surface area contributed by atoms with Crippen LogP contribution in [0, 0.1) is 3.57 Å². The van der Waals surface area contributed by atoms with Crippen molar-refractivity contribution in [2.75, 3.05) is 18.5 Å². The van der Waals surface area contributed by atoms with E-state index >= 15 is 0 Å². The van der Waals surface area contributed by atoms with Crippen molar-refractivity contribution < 1.29 is 18.3 Å². The van der Waals surface area contributed by atoms with E-state index in [-0.39, 0.29) is 18.9 Å². The van der Waals surface area contributed by atoms with Crippen LogP contribution in [-0.2, 0) is 9.53 Å². The molecule has 0 fully saturated rings. The van der Waals surface area contributed by atoms with Crippen LogP contribution < -0.4 is 5.32 Å². The highest BCUT2D eigenvalue weighted by Gasteiger charge is 2.07. The summed E-state index contributed by atoms with van der Waals surface area (Å²) in [5.41, 5.74) is 0.638. The highest BCUT2D eigenvalue weighted by molar-refractivity contribution is 14.1. The maximum atomic E-state index is 11.8. The third-order valence-corrected chi connectivity index (χ3v) is 3.05. The van der Waals surface area contributed by atoms with Gasteiger partial charge >= 0.3 is 0 Å². The van der Waals surface area contributed by atoms with E-state index in [2.05, 4.69) is 10.1 Å². The first-order chi connectivity index (χ1) is 8.49. The average molecular weight is 390 g/mol. The Bertz CT molecular complexity index is 418. The zero-order valence-electron chi connectivity index (χ0n) is 9.26. The maximum absolute atomic E-state index is 11.8. The molecule has 7 heteroatoms. The lowest BCUT2D eigenvalue weighted by atomic mass is 10.3. The summed E-state index contributed by atoms with van der Waals surface area (Å²) in [5.74, 6) is -0.287. The summed E-state index contributed by atoms with van der Waals surface area (Å²) >= 11 is 7.82. The molecule has 0 aliphatic heterocycles. The van der Waals surface area contributed by atoms with Crippen molar-refractivity contribution in [3.05, 3.63) is 26.8 Å². The first-order valence-electron chi connectivity index (χ1n) is 5.10. The molecule has 100 valence electrons. The summed E-state index contributed by atoms with van der Waals surface area (Å²) in [4.78, 5) is 11.5. The van der Waals surface area contributed by atoms with Gasteiger partial charge in [-0.25, -0.2) is 8.78 Å². The second kappa shape index (κ2) is 7.85. The number of nitrogens with one attached hydrogen (secondary N) is 1. The predicted octanol–water partition coefficient (Wildman–Crippen LogP) is 3.55. The summed E-state index contributed by atoms with van der Waals surface area (Å²) in [6, 6.07) is 5.06. The SMILES string of the molecule is O=C(CCOCC(F)F)Nc1ccc(Cl)cc1I. The topological polar surface area (TPSA) is 38.3 Å². The van der Waals surface area contributed by atoms with Crippen LogP contribution >= 0.6 is 34.2 Å². The number of carbonyl (C=O) groups excluding carboxylic acids is 1. The highest BCUT2D eigenvalue weighted by atomic mass is 127. The van der Waals surface area contributed by atoms with E-state index in [4.69, 9.17) is 11.6 Å². The van der Waals surface area contributed by atoms with Crippen molar-refractivity contribution in [1.29, 1.82) is 0 Å². The van der Waals surface area contributed by atoms with Crippen molar-refractivity contribution in [3.8, 4) is 0 Å². The van der Waals surface area contributed by atoms with Gasteiger partial charge in [-0.15, -0.1) is 0 Å². The molecule has 0 saturated carbocycles. The van der Waals surface area contributed by atoms with Crippen molar-refractivity contribution >= 4 is 45.8 Å². The number of hydrogen-bond donors (Lipinski definition) is 1. The molecule has 3 nitrogen and oxygen atoms in total. The lowest BCUT2D eigenvalue weighted by Crippen LogP contribution is -2.16. The fourth-order valence-electron chi connectivity index (χ4n) is 1.14. The normalized spacial score (nSPS) is 10.7. The molecule has 18 heavy (non-hydrogen) atoms. The summed E-state index contributed by atoms with van der Waals surface area (Å²) in [5, 5.41) is 3.23. The Hall–Kier alpha value is -0.470. The summed E-state index contributed by atoms with van der Waals surface area (Å²) in [7, 11) is 0. The number of hydrogen-bond acceptors (Lipinski definition) is 2. The molecule has 0 aliphatic rings. The van der Waals surface area contributed by atoms with Crippen LogP contribution in [0.4, 0.5) is 14.5 Å². The molecule has 1 amide bonds. The van der Waals surface area contributed by atoms with Gasteiger partial charge in [0, 0.05) is 8.59 Å². The summed E-state index contributed by atoms with van der Waals surface area (Å²) in [6.45, 7) is -0.675. The Morgan fingerprint density at radius 1 is 1.50 bits per heavy atom. The van der Waals surface area contributed by atoms with Gasteiger partial charge in [0.1, 0.15) is 6.61 Å². The van der Waals surface area contributed by atoms with E-state index in [9.17, 15) is 13.6 Å². The molecule has 0 spiro atoms. The Labute approximate surface area is 122 Å². The number of rotatable bonds is 6. The Morgan fingerprint density at radius 3 is 2.83 bits per heavy atom. The fraction of sp³-hybridized carbons (Fsp3) is 0.364. The zero-order chi connectivity index (χ0) is 13.5. The lowest BCUT2D eigenvalue weighted by molar-refractivity contribution is -0.117. The molecule has 1 N–H and O–H groups in total. The number of carbonyl (C=O) groups is 1. The van der Waals surface area contributed by atoms with Crippen LogP contribution in [0.1, 0.15) is 6.42 Å². The van der Waals surface area contributed by atoms with E-state index < -0.39 is 13.0 Å². The highest BCUT2D eigenvalue weighted by Crippen LogP contribution is 2.22. The minimum absolute atomic E-state index is 0.0274. The van der Waals surface area contributed by atoms with E-state index in [0.717, 1.165) is 3.57 Å². The molecule has 1 rings (SSSR count). The molecule has 0 unspecified atom stereocenters. The largest absolute Gasteiger partial charge is 0.375 e. The summed E-state index contributed by atoms with van der Waals surface area (Å²) in [6.07, 6.45) is -2.48. The van der Waals surface area contributed by atoms with Crippen molar-refractivity contribution in [1.82, 2.24) is 0 Å². The molecular formula is C11H11ClF2INO2. The number of ether oxygens (including phenoxy) is 1. The smallest absolute Gasteiger partial charge is 0.261 e. The van der Waals surface area contributed by atoms with Crippen molar-refractivity contribution in [3.63, 3.8) is 0 Å². The minimum Gasteiger partial charge on any atom is -0.375 e. The van der Waals surface area contributed by atoms with Crippen LogP contribution in [0.15, 0.2) is 18.2 Å². The predicted molar refractivity (Wildman–Crippen MR) is 74.2 cm³/mol. The standard InChI is InChI=1S/C11H11ClF2INO2/c12-7-1-2-9(8(15)5-7)16-11(17)3-4-18-6-10(13)14/h1-2,5,10H,3-4,6H2,(H,16,17). The molecule has 0 aromatic heterocycles. The quantitative estimate of drug-likeness (QED) is 0.597. The Balaban J connectivity index is 2.35. The molecule has 0 atom stereocenters. The first-order valence-corrected chi connectivity index (χ1v) is 6.55. The van der Waals surface area contributed by atoms with Gasteiger partial charge in [-0.3, -0.25) is 4.79 Å². The molecule has 0 heterocycles. The number of anilines is 1. The van der Waals surface area contributed by atoms with Gasteiger partial charge in [-0.05, 0) is 40.8 Å². The maximum Gasteiger partial charge on any atom is 0.261 e. The van der Waals surface area contributed by atoms with Gasteiger partial charge in [0.2, 0.25) is 5.91 Å². The van der Waals surface area contributed by atoms with Crippen molar-refractivity contribution in [2.24, 2.45) is 0 Å². The monoisotopic (exact) mass is 389 g/mol. The second-order valence-corrected chi connectivity index (χ2v) is 4.99. The molecule has 0 aliphatic carbocycles. The summed E-state index contributed by atoms with van der Waals surface area (Å²) < 4.78 is 28.9. The molecule has 0 saturated heterocycles. The van der Waals surface area contributed by atoms with E-state index in [1.165, 1.54) is 0 Å². The minimum atomic E-state index is -2.51. The number of halogens is 4. The molecular weight excluding hydrogens is 378 g/mol. The zero-order valence-corrected chi connectivity index (χ0v) is 12.2. The molecule has 1 aromatic carbocycles. The van der Waals surface area contributed by atoms with E-state index in [0.29, 0.717) is 10.7 Å².